The molecule has 1 amide bonds. The summed E-state index contributed by atoms with van der Waals surface area (Å²) in [7, 11) is 0. The number of rotatable bonds is 7. The van der Waals surface area contributed by atoms with Crippen molar-refractivity contribution in [2.45, 2.75) is 13.5 Å². The molecule has 1 N–H and O–H groups in total. The van der Waals surface area contributed by atoms with Gasteiger partial charge in [0.2, 0.25) is 0 Å². The lowest BCUT2D eigenvalue weighted by molar-refractivity contribution is -0.116. The van der Waals surface area contributed by atoms with Crippen molar-refractivity contribution in [3.63, 3.8) is 0 Å². The second-order valence-electron chi connectivity index (χ2n) is 5.70. The maximum absolute atomic E-state index is 12.8. The van der Waals surface area contributed by atoms with Crippen LogP contribution in [0.25, 0.3) is 11.8 Å². The Hall–Kier alpha value is -3.54. The number of amides is 1. The van der Waals surface area contributed by atoms with Crippen LogP contribution < -0.4 is 15.6 Å². The maximum atomic E-state index is 12.8. The van der Waals surface area contributed by atoms with Gasteiger partial charge in [-0.15, -0.1) is 0 Å². The molecule has 2 aromatic heterocycles. The van der Waals surface area contributed by atoms with E-state index in [4.69, 9.17) is 9.15 Å². The number of benzene rings is 1. The summed E-state index contributed by atoms with van der Waals surface area (Å²) in [6.07, 6.45) is 4.77. The Balaban J connectivity index is 1.90. The predicted molar refractivity (Wildman–Crippen MR) is 103 cm³/mol. The normalized spacial score (nSPS) is 11.2. The van der Waals surface area contributed by atoms with E-state index in [9.17, 15) is 9.59 Å². The number of carbonyl (C=O) groups is 1. The quantitative estimate of drug-likeness (QED) is 0.654. The minimum Gasteiger partial charge on any atom is -0.494 e. The summed E-state index contributed by atoms with van der Waals surface area (Å²) in [5.74, 6) is 0.994. The van der Waals surface area contributed by atoms with E-state index in [2.05, 4.69) is 5.32 Å². The highest BCUT2D eigenvalue weighted by molar-refractivity contribution is 6.18. The molecular formula is C21H20N2O4. The first-order valence-corrected chi connectivity index (χ1v) is 8.60. The van der Waals surface area contributed by atoms with Crippen LogP contribution in [0.15, 0.2) is 76.3 Å². The zero-order valence-corrected chi connectivity index (χ0v) is 14.9. The van der Waals surface area contributed by atoms with Gasteiger partial charge in [0, 0.05) is 12.3 Å². The Morgan fingerprint density at radius 3 is 2.63 bits per heavy atom. The summed E-state index contributed by atoms with van der Waals surface area (Å²) in [6, 6.07) is 15.6. The molecule has 3 rings (SSSR count). The second kappa shape index (κ2) is 8.71. The van der Waals surface area contributed by atoms with Crippen molar-refractivity contribution in [2.24, 2.45) is 0 Å². The van der Waals surface area contributed by atoms with Crippen LogP contribution in [0.5, 0.6) is 5.75 Å². The number of aromatic nitrogens is 1. The van der Waals surface area contributed by atoms with Crippen molar-refractivity contribution in [1.29, 1.82) is 0 Å². The van der Waals surface area contributed by atoms with Crippen LogP contribution in [0.1, 0.15) is 18.2 Å². The van der Waals surface area contributed by atoms with Crippen LogP contribution in [0.2, 0.25) is 0 Å². The molecule has 0 radical (unpaired) electrons. The molecule has 3 aromatic rings. The number of pyridine rings is 1. The Kier molecular flexibility index (Phi) is 5.89. The van der Waals surface area contributed by atoms with Crippen molar-refractivity contribution < 1.29 is 13.9 Å². The number of nitrogens with one attached hydrogen (secondary N) is 1. The van der Waals surface area contributed by atoms with Gasteiger partial charge in [0.15, 0.2) is 0 Å². The van der Waals surface area contributed by atoms with E-state index in [0.29, 0.717) is 12.4 Å². The molecule has 0 unspecified atom stereocenters. The fourth-order valence-corrected chi connectivity index (χ4v) is 2.53. The number of hydrogen-bond acceptors (Lipinski definition) is 4. The molecule has 27 heavy (non-hydrogen) atoms. The topological polar surface area (TPSA) is 73.5 Å². The molecule has 1 aromatic carbocycles. The summed E-state index contributed by atoms with van der Waals surface area (Å²) in [4.78, 5) is 25.0. The molecular weight excluding hydrogens is 344 g/mol. The van der Waals surface area contributed by atoms with Gasteiger partial charge in [0.1, 0.15) is 17.2 Å². The molecule has 0 saturated heterocycles. The standard InChI is InChI=1S/C21H20N2O4/c1-2-26-17-10-8-16(9-11-17)14-19(23-12-4-3-7-20(23)24)21(25)22-15-18-6-5-13-27-18/h3-14H,2,15H2,1H3,(H,22,25)/b19-14+. The van der Waals surface area contributed by atoms with Crippen LogP contribution in [0.3, 0.4) is 0 Å². The molecule has 0 aliphatic rings. The second-order valence-corrected chi connectivity index (χ2v) is 5.70. The molecule has 0 bridgehead atoms. The van der Waals surface area contributed by atoms with E-state index < -0.39 is 0 Å². The van der Waals surface area contributed by atoms with Gasteiger partial charge in [-0.25, -0.2) is 0 Å². The van der Waals surface area contributed by atoms with E-state index in [-0.39, 0.29) is 23.7 Å². The fourth-order valence-electron chi connectivity index (χ4n) is 2.53. The number of ether oxygens (including phenoxy) is 1. The van der Waals surface area contributed by atoms with Crippen LogP contribution in [0, 0.1) is 0 Å². The fraction of sp³-hybridized carbons (Fsp3) is 0.143. The van der Waals surface area contributed by atoms with E-state index in [1.165, 1.54) is 10.6 Å². The monoisotopic (exact) mass is 364 g/mol. The Labute approximate surface area is 156 Å². The largest absolute Gasteiger partial charge is 0.494 e. The molecule has 6 heteroatoms. The molecule has 0 atom stereocenters. The Morgan fingerprint density at radius 2 is 1.96 bits per heavy atom. The maximum Gasteiger partial charge on any atom is 0.268 e. The van der Waals surface area contributed by atoms with Gasteiger partial charge in [-0.05, 0) is 48.9 Å². The van der Waals surface area contributed by atoms with Crippen molar-refractivity contribution in [3.8, 4) is 5.75 Å². The van der Waals surface area contributed by atoms with Crippen LogP contribution >= 0.6 is 0 Å². The zero-order chi connectivity index (χ0) is 19.1. The van der Waals surface area contributed by atoms with Crippen molar-refractivity contribution in [3.05, 3.63) is 88.7 Å². The smallest absolute Gasteiger partial charge is 0.268 e. The van der Waals surface area contributed by atoms with Gasteiger partial charge in [0.25, 0.3) is 11.5 Å². The zero-order valence-electron chi connectivity index (χ0n) is 14.9. The lowest BCUT2D eigenvalue weighted by Crippen LogP contribution is -2.30. The SMILES string of the molecule is CCOc1ccc(/C=C(\C(=O)NCc2ccco2)n2ccccc2=O)cc1. The summed E-state index contributed by atoms with van der Waals surface area (Å²) in [5.41, 5.74) is 0.705. The first kappa shape index (κ1) is 18.3. The molecule has 0 fully saturated rings. The van der Waals surface area contributed by atoms with Gasteiger partial charge < -0.3 is 14.5 Å². The lowest BCUT2D eigenvalue weighted by atomic mass is 10.1. The number of nitrogens with zero attached hydrogens (tertiary/aromatic N) is 1. The minimum absolute atomic E-state index is 0.219. The summed E-state index contributed by atoms with van der Waals surface area (Å²) in [5, 5.41) is 2.78. The average molecular weight is 364 g/mol. The van der Waals surface area contributed by atoms with Crippen molar-refractivity contribution in [2.75, 3.05) is 6.61 Å². The Bertz CT molecular complexity index is 970. The summed E-state index contributed by atoms with van der Waals surface area (Å²) in [6.45, 7) is 2.72. The molecule has 0 aliphatic heterocycles. The van der Waals surface area contributed by atoms with Gasteiger partial charge in [-0.3, -0.25) is 14.2 Å². The molecule has 6 nitrogen and oxygen atoms in total. The van der Waals surface area contributed by atoms with Gasteiger partial charge in [0.05, 0.1) is 19.4 Å². The molecule has 0 saturated carbocycles. The van der Waals surface area contributed by atoms with Crippen molar-refractivity contribution >= 4 is 17.7 Å². The molecule has 2 heterocycles. The predicted octanol–water partition coefficient (Wildman–Crippen LogP) is 3.15. The van der Waals surface area contributed by atoms with Gasteiger partial charge >= 0.3 is 0 Å². The van der Waals surface area contributed by atoms with E-state index in [1.54, 1.807) is 42.8 Å². The molecule has 0 spiro atoms. The lowest BCUT2D eigenvalue weighted by Gasteiger charge is -2.11. The summed E-state index contributed by atoms with van der Waals surface area (Å²) < 4.78 is 12.0. The van der Waals surface area contributed by atoms with Crippen LogP contribution in [-0.4, -0.2) is 17.1 Å². The van der Waals surface area contributed by atoms with E-state index in [1.807, 2.05) is 31.2 Å². The highest BCUT2D eigenvalue weighted by Crippen LogP contribution is 2.16. The average Bonchev–Trinajstić information content (AvgIpc) is 3.20. The number of furan rings is 1. The van der Waals surface area contributed by atoms with Crippen LogP contribution in [0.4, 0.5) is 0 Å². The number of hydrogen-bond donors (Lipinski definition) is 1. The number of carbonyl (C=O) groups excluding carboxylic acids is 1. The third kappa shape index (κ3) is 4.76. The van der Waals surface area contributed by atoms with E-state index in [0.717, 1.165) is 11.3 Å². The Morgan fingerprint density at radius 1 is 1.15 bits per heavy atom. The first-order chi connectivity index (χ1) is 13.2. The van der Waals surface area contributed by atoms with E-state index >= 15 is 0 Å². The third-order valence-corrected chi connectivity index (χ3v) is 3.81. The first-order valence-electron chi connectivity index (χ1n) is 8.60. The minimum atomic E-state index is -0.381. The van der Waals surface area contributed by atoms with Crippen LogP contribution in [-0.2, 0) is 11.3 Å². The van der Waals surface area contributed by atoms with Crippen molar-refractivity contribution in [1.82, 2.24) is 9.88 Å². The van der Waals surface area contributed by atoms with Gasteiger partial charge in [-0.1, -0.05) is 18.2 Å². The summed E-state index contributed by atoms with van der Waals surface area (Å²) >= 11 is 0. The highest BCUT2D eigenvalue weighted by atomic mass is 16.5. The van der Waals surface area contributed by atoms with Gasteiger partial charge in [-0.2, -0.15) is 0 Å². The molecule has 0 aliphatic carbocycles. The third-order valence-electron chi connectivity index (χ3n) is 3.81. The highest BCUT2D eigenvalue weighted by Gasteiger charge is 2.13. The molecule has 138 valence electrons.